The number of amides is 3. The Balaban J connectivity index is 2.60. The van der Waals surface area contributed by atoms with Crippen LogP contribution in [0.4, 0.5) is 4.79 Å². The van der Waals surface area contributed by atoms with Crippen LogP contribution in [0.2, 0.25) is 0 Å². The van der Waals surface area contributed by atoms with Crippen molar-refractivity contribution in [1.82, 2.24) is 10.8 Å². The van der Waals surface area contributed by atoms with Crippen molar-refractivity contribution >= 4 is 11.9 Å². The Labute approximate surface area is 92.7 Å². The molecule has 0 aromatic heterocycles. The molecule has 0 saturated carbocycles. The smallest absolute Gasteiger partial charge is 0.312 e. The Morgan fingerprint density at radius 2 is 1.94 bits per heavy atom. The van der Waals surface area contributed by atoms with Gasteiger partial charge in [0.2, 0.25) is 0 Å². The number of nitrogens with two attached hydrogens (primary N) is 1. The summed E-state index contributed by atoms with van der Waals surface area (Å²) in [6, 6.07) is 6.13. The highest BCUT2D eigenvalue weighted by Crippen LogP contribution is 2.04. The molecule has 0 heterocycles. The Kier molecular flexibility index (Phi) is 4.28. The maximum atomic E-state index is 11.3. The number of hydroxylamine groups is 1. The van der Waals surface area contributed by atoms with Gasteiger partial charge in [-0.25, -0.2) is 10.3 Å². The van der Waals surface area contributed by atoms with Crippen molar-refractivity contribution in [3.63, 3.8) is 0 Å². The van der Waals surface area contributed by atoms with E-state index in [-0.39, 0.29) is 5.91 Å². The number of carbonyl (C=O) groups is 2. The van der Waals surface area contributed by atoms with E-state index in [0.29, 0.717) is 12.1 Å². The number of urea groups is 1. The number of hydrogen-bond acceptors (Lipinski definition) is 3. The van der Waals surface area contributed by atoms with Crippen LogP contribution >= 0.6 is 0 Å². The fraction of sp³-hybridized carbons (Fsp3) is 0.200. The number of primary amides is 1. The van der Waals surface area contributed by atoms with E-state index in [2.05, 4.69) is 15.6 Å². The number of rotatable bonds is 4. The molecule has 1 aromatic carbocycles. The van der Waals surface area contributed by atoms with Crippen molar-refractivity contribution in [3.8, 4) is 0 Å². The van der Waals surface area contributed by atoms with Crippen LogP contribution in [0.3, 0.4) is 0 Å². The van der Waals surface area contributed by atoms with Gasteiger partial charge in [0, 0.05) is 12.1 Å². The zero-order valence-corrected chi connectivity index (χ0v) is 8.82. The summed E-state index contributed by atoms with van der Waals surface area (Å²) in [5.74, 6) is -0.322. The molecule has 1 rings (SSSR count). The summed E-state index contributed by atoms with van der Waals surface area (Å²) in [7, 11) is 1.36. The third-order valence-corrected chi connectivity index (χ3v) is 1.88. The van der Waals surface area contributed by atoms with Gasteiger partial charge in [-0.1, -0.05) is 12.1 Å². The third kappa shape index (κ3) is 3.58. The van der Waals surface area contributed by atoms with Crippen molar-refractivity contribution < 1.29 is 14.4 Å². The molecule has 0 aliphatic rings. The van der Waals surface area contributed by atoms with Crippen molar-refractivity contribution in [3.05, 3.63) is 35.4 Å². The summed E-state index contributed by atoms with van der Waals surface area (Å²) in [5, 5.41) is 2.45. The van der Waals surface area contributed by atoms with E-state index in [1.54, 1.807) is 24.3 Å². The standard InChI is InChI=1S/C10H13N3O3/c1-16-13-9(14)8-4-2-7(3-5-8)6-12-10(11)15/h2-5H,6H2,1H3,(H,13,14)(H3,11,12,15). The lowest BCUT2D eigenvalue weighted by molar-refractivity contribution is 0.0537. The van der Waals surface area contributed by atoms with E-state index < -0.39 is 6.03 Å². The lowest BCUT2D eigenvalue weighted by atomic mass is 10.1. The molecule has 6 nitrogen and oxygen atoms in total. The minimum atomic E-state index is -0.582. The summed E-state index contributed by atoms with van der Waals surface area (Å²) in [6.45, 7) is 0.335. The second-order valence-electron chi connectivity index (χ2n) is 3.05. The molecule has 3 amide bonds. The fourth-order valence-corrected chi connectivity index (χ4v) is 1.11. The number of nitrogens with one attached hydrogen (secondary N) is 2. The quantitative estimate of drug-likeness (QED) is 0.634. The molecule has 4 N–H and O–H groups in total. The largest absolute Gasteiger partial charge is 0.352 e. The van der Waals surface area contributed by atoms with Gasteiger partial charge in [0.15, 0.2) is 0 Å². The zero-order valence-electron chi connectivity index (χ0n) is 8.82. The highest BCUT2D eigenvalue weighted by Gasteiger charge is 2.04. The molecule has 0 unspecified atom stereocenters. The Morgan fingerprint density at radius 3 is 2.44 bits per heavy atom. The third-order valence-electron chi connectivity index (χ3n) is 1.88. The average Bonchev–Trinajstić information content (AvgIpc) is 2.27. The minimum absolute atomic E-state index is 0.322. The predicted octanol–water partition coefficient (Wildman–Crippen LogP) is 0.146. The Hall–Kier alpha value is -2.08. The fourth-order valence-electron chi connectivity index (χ4n) is 1.11. The summed E-state index contributed by atoms with van der Waals surface area (Å²) in [4.78, 5) is 26.3. The highest BCUT2D eigenvalue weighted by atomic mass is 16.6. The molecule has 0 aliphatic heterocycles. The minimum Gasteiger partial charge on any atom is -0.352 e. The van der Waals surface area contributed by atoms with E-state index in [1.807, 2.05) is 0 Å². The van der Waals surface area contributed by atoms with Gasteiger partial charge in [-0.15, -0.1) is 0 Å². The molecular formula is C10H13N3O3. The van der Waals surface area contributed by atoms with E-state index in [0.717, 1.165) is 5.56 Å². The molecule has 0 radical (unpaired) electrons. The van der Waals surface area contributed by atoms with Gasteiger partial charge in [-0.3, -0.25) is 9.63 Å². The van der Waals surface area contributed by atoms with Gasteiger partial charge in [0.1, 0.15) is 0 Å². The zero-order chi connectivity index (χ0) is 12.0. The van der Waals surface area contributed by atoms with Crippen LogP contribution in [-0.4, -0.2) is 19.0 Å². The van der Waals surface area contributed by atoms with Crippen molar-refractivity contribution in [2.24, 2.45) is 5.73 Å². The van der Waals surface area contributed by atoms with Crippen molar-refractivity contribution in [1.29, 1.82) is 0 Å². The molecule has 0 spiro atoms. The van der Waals surface area contributed by atoms with Gasteiger partial charge >= 0.3 is 6.03 Å². The van der Waals surface area contributed by atoms with Crippen molar-refractivity contribution in [2.45, 2.75) is 6.54 Å². The van der Waals surface area contributed by atoms with Crippen molar-refractivity contribution in [2.75, 3.05) is 7.11 Å². The first-order valence-corrected chi connectivity index (χ1v) is 4.59. The first-order chi connectivity index (χ1) is 7.63. The molecule has 0 aliphatic carbocycles. The molecule has 1 aromatic rings. The van der Waals surface area contributed by atoms with Crippen LogP contribution in [0.5, 0.6) is 0 Å². The summed E-state index contributed by atoms with van der Waals surface area (Å²) < 4.78 is 0. The maximum absolute atomic E-state index is 11.3. The van der Waals surface area contributed by atoms with Gasteiger partial charge in [0.25, 0.3) is 5.91 Å². The van der Waals surface area contributed by atoms with Crippen LogP contribution in [0.15, 0.2) is 24.3 Å². The lowest BCUT2D eigenvalue weighted by Gasteiger charge is -2.04. The molecule has 0 atom stereocenters. The average molecular weight is 223 g/mol. The molecule has 86 valence electrons. The second-order valence-corrected chi connectivity index (χ2v) is 3.05. The van der Waals surface area contributed by atoms with Crippen LogP contribution in [0, 0.1) is 0 Å². The molecule has 0 saturated heterocycles. The van der Waals surface area contributed by atoms with Gasteiger partial charge in [-0.05, 0) is 17.7 Å². The molecule has 0 fully saturated rings. The first-order valence-electron chi connectivity index (χ1n) is 4.59. The molecular weight excluding hydrogens is 210 g/mol. The highest BCUT2D eigenvalue weighted by molar-refractivity contribution is 5.93. The van der Waals surface area contributed by atoms with E-state index >= 15 is 0 Å². The van der Waals surface area contributed by atoms with Crippen LogP contribution < -0.4 is 16.5 Å². The molecule has 16 heavy (non-hydrogen) atoms. The SMILES string of the molecule is CONC(=O)c1ccc(CNC(N)=O)cc1. The number of benzene rings is 1. The van der Waals surface area contributed by atoms with E-state index in [4.69, 9.17) is 5.73 Å². The van der Waals surface area contributed by atoms with Gasteiger partial charge in [-0.2, -0.15) is 0 Å². The Bertz CT molecular complexity index is 375. The number of hydrogen-bond donors (Lipinski definition) is 3. The summed E-state index contributed by atoms with van der Waals surface area (Å²) >= 11 is 0. The summed E-state index contributed by atoms with van der Waals surface area (Å²) in [5.41, 5.74) is 8.46. The maximum Gasteiger partial charge on any atom is 0.312 e. The van der Waals surface area contributed by atoms with Crippen LogP contribution in [0.25, 0.3) is 0 Å². The second kappa shape index (κ2) is 5.72. The molecule has 0 bridgehead atoms. The Morgan fingerprint density at radius 1 is 1.31 bits per heavy atom. The van der Waals surface area contributed by atoms with E-state index in [9.17, 15) is 9.59 Å². The number of carbonyl (C=O) groups excluding carboxylic acids is 2. The van der Waals surface area contributed by atoms with E-state index in [1.165, 1.54) is 7.11 Å². The van der Waals surface area contributed by atoms with Crippen LogP contribution in [-0.2, 0) is 11.4 Å². The molecule has 6 heteroatoms. The normalized spacial score (nSPS) is 9.56. The van der Waals surface area contributed by atoms with Crippen LogP contribution in [0.1, 0.15) is 15.9 Å². The topological polar surface area (TPSA) is 93.4 Å². The van der Waals surface area contributed by atoms with Gasteiger partial charge in [0.05, 0.1) is 7.11 Å². The lowest BCUT2D eigenvalue weighted by Crippen LogP contribution is -2.28. The monoisotopic (exact) mass is 223 g/mol. The summed E-state index contributed by atoms with van der Waals surface area (Å²) in [6.07, 6.45) is 0. The van der Waals surface area contributed by atoms with Gasteiger partial charge < -0.3 is 11.1 Å². The first kappa shape index (κ1) is 12.0. The predicted molar refractivity (Wildman–Crippen MR) is 57.3 cm³/mol.